The highest BCUT2D eigenvalue weighted by Crippen LogP contribution is 2.26. The molecule has 3 N–H and O–H groups in total. The highest BCUT2D eigenvalue weighted by Gasteiger charge is 2.30. The van der Waals surface area contributed by atoms with E-state index in [1.807, 2.05) is 0 Å². The maximum absolute atomic E-state index is 12.5. The van der Waals surface area contributed by atoms with E-state index in [4.69, 9.17) is 5.73 Å². The van der Waals surface area contributed by atoms with E-state index in [1.165, 1.54) is 4.31 Å². The minimum Gasteiger partial charge on any atom is -0.399 e. The number of aliphatic hydroxyl groups is 1. The summed E-state index contributed by atoms with van der Waals surface area (Å²) in [7, 11) is -3.45. The van der Waals surface area contributed by atoms with Crippen LogP contribution in [-0.4, -0.2) is 37.0 Å². The van der Waals surface area contributed by atoms with Crippen molar-refractivity contribution in [3.8, 4) is 0 Å². The highest BCUT2D eigenvalue weighted by atomic mass is 32.2. The Morgan fingerprint density at radius 3 is 2.45 bits per heavy atom. The molecule has 0 saturated carbocycles. The molecule has 5 nitrogen and oxygen atoms in total. The fourth-order valence-electron chi connectivity index (χ4n) is 2.56. The lowest BCUT2D eigenvalue weighted by molar-refractivity contribution is 0.0912. The number of hydrogen-bond donors (Lipinski definition) is 2. The number of nitrogens with two attached hydrogens (primary N) is 1. The van der Waals surface area contributed by atoms with Gasteiger partial charge in [0.15, 0.2) is 0 Å². The zero-order valence-corrected chi connectivity index (χ0v) is 12.7. The van der Waals surface area contributed by atoms with E-state index in [0.29, 0.717) is 36.5 Å². The second kappa shape index (κ2) is 5.71. The molecule has 1 aromatic rings. The van der Waals surface area contributed by atoms with Gasteiger partial charge in [0.05, 0.1) is 11.0 Å². The van der Waals surface area contributed by atoms with Crippen molar-refractivity contribution in [2.75, 3.05) is 18.8 Å². The Hall–Kier alpha value is -1.11. The molecule has 112 valence electrons. The lowest BCUT2D eigenvalue weighted by atomic mass is 9.93. The zero-order chi connectivity index (χ0) is 14.9. The number of nitrogen functional groups attached to an aromatic ring is 1. The summed E-state index contributed by atoms with van der Waals surface area (Å²) in [5.74, 6) is 0.189. The van der Waals surface area contributed by atoms with E-state index in [0.717, 1.165) is 5.56 Å². The molecule has 20 heavy (non-hydrogen) atoms. The molecule has 1 fully saturated rings. The van der Waals surface area contributed by atoms with Crippen molar-refractivity contribution in [2.24, 2.45) is 5.92 Å². The fourth-order valence-corrected chi connectivity index (χ4v) is 4.11. The average molecular weight is 298 g/mol. The number of aryl methyl sites for hydroxylation is 1. The van der Waals surface area contributed by atoms with E-state index < -0.39 is 10.0 Å². The van der Waals surface area contributed by atoms with Gasteiger partial charge in [0.1, 0.15) is 0 Å². The molecule has 1 aliphatic rings. The highest BCUT2D eigenvalue weighted by molar-refractivity contribution is 7.89. The Balaban J connectivity index is 2.17. The van der Waals surface area contributed by atoms with E-state index in [1.54, 1.807) is 32.0 Å². The number of nitrogens with zero attached hydrogens (tertiary/aromatic N) is 1. The van der Waals surface area contributed by atoms with Gasteiger partial charge in [-0.15, -0.1) is 0 Å². The number of hydrogen-bond acceptors (Lipinski definition) is 4. The Morgan fingerprint density at radius 2 is 1.95 bits per heavy atom. The van der Waals surface area contributed by atoms with Crippen LogP contribution in [0.1, 0.15) is 25.3 Å². The molecular formula is C14H22N2O3S. The van der Waals surface area contributed by atoms with Crippen molar-refractivity contribution in [3.05, 3.63) is 23.8 Å². The first-order valence-corrected chi connectivity index (χ1v) is 8.30. The van der Waals surface area contributed by atoms with Crippen LogP contribution >= 0.6 is 0 Å². The largest absolute Gasteiger partial charge is 0.399 e. The summed E-state index contributed by atoms with van der Waals surface area (Å²) >= 11 is 0. The molecule has 1 atom stereocenters. The van der Waals surface area contributed by atoms with Gasteiger partial charge in [0.25, 0.3) is 0 Å². The quantitative estimate of drug-likeness (QED) is 0.825. The van der Waals surface area contributed by atoms with Gasteiger partial charge in [-0.1, -0.05) is 0 Å². The third-order valence-corrected chi connectivity index (χ3v) is 5.95. The molecule has 2 rings (SSSR count). The van der Waals surface area contributed by atoms with Gasteiger partial charge in [0.2, 0.25) is 10.0 Å². The van der Waals surface area contributed by atoms with Crippen LogP contribution in [0.25, 0.3) is 0 Å². The Bertz CT molecular complexity index is 576. The number of rotatable bonds is 3. The van der Waals surface area contributed by atoms with Crippen molar-refractivity contribution in [2.45, 2.75) is 37.7 Å². The first kappa shape index (κ1) is 15.3. The lowest BCUT2D eigenvalue weighted by Gasteiger charge is -2.32. The first-order valence-electron chi connectivity index (χ1n) is 6.86. The molecular weight excluding hydrogens is 276 g/mol. The average Bonchev–Trinajstić information content (AvgIpc) is 2.41. The zero-order valence-electron chi connectivity index (χ0n) is 11.9. The molecule has 1 aromatic carbocycles. The van der Waals surface area contributed by atoms with Crippen LogP contribution in [0.4, 0.5) is 5.69 Å². The van der Waals surface area contributed by atoms with Crippen molar-refractivity contribution in [1.82, 2.24) is 4.31 Å². The first-order chi connectivity index (χ1) is 9.32. The monoisotopic (exact) mass is 298 g/mol. The topological polar surface area (TPSA) is 83.6 Å². The Kier molecular flexibility index (Phi) is 4.36. The molecule has 0 radical (unpaired) electrons. The van der Waals surface area contributed by atoms with Gasteiger partial charge in [-0.3, -0.25) is 0 Å². The Labute approximate surface area is 120 Å². The van der Waals surface area contributed by atoms with Gasteiger partial charge >= 0.3 is 0 Å². The summed E-state index contributed by atoms with van der Waals surface area (Å²) in [5.41, 5.74) is 7.09. The van der Waals surface area contributed by atoms with Crippen LogP contribution in [0.2, 0.25) is 0 Å². The number of anilines is 1. The van der Waals surface area contributed by atoms with Gasteiger partial charge in [-0.05, 0) is 56.4 Å². The summed E-state index contributed by atoms with van der Waals surface area (Å²) in [4.78, 5) is 0.291. The second-order valence-corrected chi connectivity index (χ2v) is 7.44. The number of aliphatic hydroxyl groups excluding tert-OH is 1. The number of piperidine rings is 1. The third-order valence-electron chi connectivity index (χ3n) is 4.06. The maximum Gasteiger partial charge on any atom is 0.243 e. The Morgan fingerprint density at radius 1 is 1.35 bits per heavy atom. The predicted octanol–water partition coefficient (Wildman–Crippen LogP) is 1.36. The second-order valence-electron chi connectivity index (χ2n) is 5.50. The van der Waals surface area contributed by atoms with Gasteiger partial charge in [-0.2, -0.15) is 4.31 Å². The summed E-state index contributed by atoms with van der Waals surface area (Å²) in [6.07, 6.45) is 1.02. The number of sulfonamides is 1. The lowest BCUT2D eigenvalue weighted by Crippen LogP contribution is -2.40. The molecule has 1 aliphatic heterocycles. The van der Waals surface area contributed by atoms with Crippen molar-refractivity contribution in [3.63, 3.8) is 0 Å². The molecule has 0 aliphatic carbocycles. The molecule has 0 bridgehead atoms. The summed E-state index contributed by atoms with van der Waals surface area (Å²) in [6.45, 7) is 4.48. The van der Waals surface area contributed by atoms with Crippen molar-refractivity contribution >= 4 is 15.7 Å². The third kappa shape index (κ3) is 2.97. The van der Waals surface area contributed by atoms with Crippen LogP contribution < -0.4 is 5.73 Å². The minimum atomic E-state index is -3.45. The van der Waals surface area contributed by atoms with E-state index in [-0.39, 0.29) is 12.0 Å². The van der Waals surface area contributed by atoms with Crippen molar-refractivity contribution < 1.29 is 13.5 Å². The van der Waals surface area contributed by atoms with Gasteiger partial charge in [0, 0.05) is 18.8 Å². The molecule has 6 heteroatoms. The van der Waals surface area contributed by atoms with Crippen LogP contribution in [0.5, 0.6) is 0 Å². The van der Waals surface area contributed by atoms with Crippen LogP contribution in [0, 0.1) is 12.8 Å². The molecule has 1 saturated heterocycles. The normalized spacial score (nSPS) is 19.9. The van der Waals surface area contributed by atoms with Gasteiger partial charge in [-0.25, -0.2) is 8.42 Å². The SMILES string of the molecule is Cc1cc(S(=O)(=O)N2CCC(C(C)O)CC2)ccc1N. The predicted molar refractivity (Wildman–Crippen MR) is 78.8 cm³/mol. The van der Waals surface area contributed by atoms with Crippen LogP contribution in [0.15, 0.2) is 23.1 Å². The standard InChI is InChI=1S/C14H22N2O3S/c1-10-9-13(3-4-14(10)15)20(18,19)16-7-5-12(6-8-16)11(2)17/h3-4,9,11-12,17H,5-8,15H2,1-2H3. The van der Waals surface area contributed by atoms with Crippen LogP contribution in [-0.2, 0) is 10.0 Å². The number of benzene rings is 1. The van der Waals surface area contributed by atoms with Gasteiger partial charge < -0.3 is 10.8 Å². The smallest absolute Gasteiger partial charge is 0.243 e. The maximum atomic E-state index is 12.5. The summed E-state index contributed by atoms with van der Waals surface area (Å²) in [6, 6.07) is 4.80. The summed E-state index contributed by atoms with van der Waals surface area (Å²) in [5, 5.41) is 9.57. The van der Waals surface area contributed by atoms with E-state index in [2.05, 4.69) is 0 Å². The molecule has 1 unspecified atom stereocenters. The van der Waals surface area contributed by atoms with E-state index >= 15 is 0 Å². The van der Waals surface area contributed by atoms with Crippen molar-refractivity contribution in [1.29, 1.82) is 0 Å². The molecule has 0 spiro atoms. The molecule has 0 amide bonds. The molecule has 0 aromatic heterocycles. The summed E-state index contributed by atoms with van der Waals surface area (Å²) < 4.78 is 26.6. The fraction of sp³-hybridized carbons (Fsp3) is 0.571. The van der Waals surface area contributed by atoms with E-state index in [9.17, 15) is 13.5 Å². The minimum absolute atomic E-state index is 0.189. The molecule has 1 heterocycles. The van der Waals surface area contributed by atoms with Crippen LogP contribution in [0.3, 0.4) is 0 Å².